The number of nitrogens with zero attached hydrogens (tertiary/aromatic N) is 2. The number of aryl methyl sites for hydroxylation is 1. The molecule has 3 aromatic rings. The van der Waals surface area contributed by atoms with Gasteiger partial charge in [-0.1, -0.05) is 12.1 Å². The minimum absolute atomic E-state index is 0.310. The van der Waals surface area contributed by atoms with Gasteiger partial charge in [0.1, 0.15) is 21.5 Å². The number of carbonyl (C=O) groups is 2. The Morgan fingerprint density at radius 2 is 1.96 bits per heavy atom. The van der Waals surface area contributed by atoms with Gasteiger partial charge in [-0.05, 0) is 31.5 Å². The smallest absolute Gasteiger partial charge is 0.348 e. The standard InChI is InChI=1S/C19H19N3O5S/c1-10-14-17(28-15(10)19(25)27-4)20-9-22(18(14)24)11(2)16(23)21-12-7-5-6-8-13(12)26-3/h5-9,11H,1-4H3,(H,21,23)/t11-/m1/s1. The van der Waals surface area contributed by atoms with E-state index in [9.17, 15) is 14.4 Å². The Labute approximate surface area is 164 Å². The van der Waals surface area contributed by atoms with Crippen LogP contribution in [0.2, 0.25) is 0 Å². The molecule has 1 amide bonds. The lowest BCUT2D eigenvalue weighted by molar-refractivity contribution is -0.118. The SMILES string of the molecule is COC(=O)c1sc2ncn([C@H](C)C(=O)Nc3ccccc3OC)c(=O)c2c1C. The monoisotopic (exact) mass is 401 g/mol. The van der Waals surface area contributed by atoms with Gasteiger partial charge in [0.05, 0.1) is 31.6 Å². The summed E-state index contributed by atoms with van der Waals surface area (Å²) in [5, 5.41) is 3.07. The third-order valence-electron chi connectivity index (χ3n) is 4.41. The van der Waals surface area contributed by atoms with E-state index in [1.165, 1.54) is 25.1 Å². The summed E-state index contributed by atoms with van der Waals surface area (Å²) in [6, 6.07) is 6.17. The van der Waals surface area contributed by atoms with Crippen molar-refractivity contribution < 1.29 is 19.1 Å². The number of ether oxygens (including phenoxy) is 2. The largest absolute Gasteiger partial charge is 0.495 e. The van der Waals surface area contributed by atoms with Crippen molar-refractivity contribution in [1.82, 2.24) is 9.55 Å². The van der Waals surface area contributed by atoms with Crippen molar-refractivity contribution in [2.75, 3.05) is 19.5 Å². The highest BCUT2D eigenvalue weighted by molar-refractivity contribution is 7.20. The number of amides is 1. The molecule has 2 aromatic heterocycles. The topological polar surface area (TPSA) is 99.5 Å². The molecule has 0 aliphatic carbocycles. The van der Waals surface area contributed by atoms with E-state index < -0.39 is 23.5 Å². The molecule has 0 spiro atoms. The van der Waals surface area contributed by atoms with Crippen LogP contribution in [0, 0.1) is 6.92 Å². The number of aromatic nitrogens is 2. The molecule has 0 unspecified atom stereocenters. The molecule has 0 aliphatic rings. The minimum atomic E-state index is -0.824. The second kappa shape index (κ2) is 7.81. The molecule has 1 atom stereocenters. The number of nitrogens with one attached hydrogen (secondary N) is 1. The normalized spacial score (nSPS) is 11.9. The number of hydrogen-bond donors (Lipinski definition) is 1. The number of thiophene rings is 1. The second-order valence-corrected chi connectivity index (χ2v) is 7.05. The molecule has 146 valence electrons. The lowest BCUT2D eigenvalue weighted by atomic mass is 10.2. The molecule has 28 heavy (non-hydrogen) atoms. The van der Waals surface area contributed by atoms with E-state index in [1.54, 1.807) is 38.1 Å². The van der Waals surface area contributed by atoms with Crippen LogP contribution >= 0.6 is 11.3 Å². The second-order valence-electron chi connectivity index (χ2n) is 6.05. The van der Waals surface area contributed by atoms with Crippen LogP contribution in [0.15, 0.2) is 35.4 Å². The van der Waals surface area contributed by atoms with Gasteiger partial charge in [0.15, 0.2) is 0 Å². The Morgan fingerprint density at radius 1 is 1.25 bits per heavy atom. The van der Waals surface area contributed by atoms with Gasteiger partial charge < -0.3 is 14.8 Å². The van der Waals surface area contributed by atoms with E-state index in [4.69, 9.17) is 9.47 Å². The number of hydrogen-bond acceptors (Lipinski definition) is 7. The molecule has 0 aliphatic heterocycles. The summed E-state index contributed by atoms with van der Waals surface area (Å²) in [5.74, 6) is -0.400. The number of anilines is 1. The molecular weight excluding hydrogens is 382 g/mol. The summed E-state index contributed by atoms with van der Waals surface area (Å²) < 4.78 is 11.2. The fraction of sp³-hybridized carbons (Fsp3) is 0.263. The van der Waals surface area contributed by atoms with Crippen molar-refractivity contribution in [2.24, 2.45) is 0 Å². The predicted molar refractivity (Wildman–Crippen MR) is 106 cm³/mol. The first kappa shape index (κ1) is 19.6. The molecule has 9 heteroatoms. The summed E-state index contributed by atoms with van der Waals surface area (Å²) in [7, 11) is 2.79. The van der Waals surface area contributed by atoms with Crippen molar-refractivity contribution >= 4 is 39.1 Å². The van der Waals surface area contributed by atoms with Crippen LogP contribution in [-0.4, -0.2) is 35.6 Å². The van der Waals surface area contributed by atoms with Gasteiger partial charge in [-0.2, -0.15) is 0 Å². The molecule has 0 saturated carbocycles. The summed E-state index contributed by atoms with van der Waals surface area (Å²) in [4.78, 5) is 42.5. The average Bonchev–Trinajstić information content (AvgIpc) is 3.04. The maximum atomic E-state index is 13.0. The summed E-state index contributed by atoms with van der Waals surface area (Å²) in [5.41, 5.74) is 0.608. The molecule has 0 saturated heterocycles. The number of para-hydroxylation sites is 2. The van der Waals surface area contributed by atoms with E-state index in [0.29, 0.717) is 32.1 Å². The predicted octanol–water partition coefficient (Wildman–Crippen LogP) is 2.76. The molecule has 3 rings (SSSR count). The molecule has 8 nitrogen and oxygen atoms in total. The Hall–Kier alpha value is -3.20. The van der Waals surface area contributed by atoms with Crippen LogP contribution in [0.1, 0.15) is 28.2 Å². The van der Waals surface area contributed by atoms with E-state index in [1.807, 2.05) is 0 Å². The van der Waals surface area contributed by atoms with Crippen molar-refractivity contribution in [3.8, 4) is 5.75 Å². The quantitative estimate of drug-likeness (QED) is 0.660. The lowest BCUT2D eigenvalue weighted by Gasteiger charge is -2.16. The average molecular weight is 401 g/mol. The first-order valence-corrected chi connectivity index (χ1v) is 9.23. The maximum Gasteiger partial charge on any atom is 0.348 e. The van der Waals surface area contributed by atoms with Crippen LogP contribution in [0.5, 0.6) is 5.75 Å². The van der Waals surface area contributed by atoms with Crippen LogP contribution in [0.3, 0.4) is 0 Å². The van der Waals surface area contributed by atoms with E-state index >= 15 is 0 Å². The van der Waals surface area contributed by atoms with Crippen molar-refractivity contribution in [1.29, 1.82) is 0 Å². The molecule has 2 heterocycles. The van der Waals surface area contributed by atoms with Gasteiger partial charge in [-0.25, -0.2) is 9.78 Å². The Kier molecular flexibility index (Phi) is 5.46. The van der Waals surface area contributed by atoms with Crippen molar-refractivity contribution in [3.63, 3.8) is 0 Å². The van der Waals surface area contributed by atoms with E-state index in [0.717, 1.165) is 11.3 Å². The number of fused-ring (bicyclic) bond motifs is 1. The number of esters is 1. The van der Waals surface area contributed by atoms with Crippen LogP contribution in [0.25, 0.3) is 10.2 Å². The van der Waals surface area contributed by atoms with Crippen LogP contribution < -0.4 is 15.6 Å². The Balaban J connectivity index is 1.97. The summed E-state index contributed by atoms with van der Waals surface area (Å²) in [6.45, 7) is 3.26. The zero-order valence-corrected chi connectivity index (χ0v) is 16.6. The highest BCUT2D eigenvalue weighted by Gasteiger charge is 2.23. The Bertz CT molecular complexity index is 1120. The summed E-state index contributed by atoms with van der Waals surface area (Å²) >= 11 is 1.09. The van der Waals surface area contributed by atoms with Crippen LogP contribution in [0.4, 0.5) is 5.69 Å². The highest BCUT2D eigenvalue weighted by atomic mass is 32.1. The van der Waals surface area contributed by atoms with Gasteiger partial charge in [-0.3, -0.25) is 14.2 Å². The number of rotatable bonds is 5. The third kappa shape index (κ3) is 3.36. The van der Waals surface area contributed by atoms with Gasteiger partial charge in [-0.15, -0.1) is 11.3 Å². The zero-order chi connectivity index (χ0) is 20.4. The fourth-order valence-electron chi connectivity index (χ4n) is 2.81. The number of carbonyl (C=O) groups excluding carboxylic acids is 2. The summed E-state index contributed by atoms with van der Waals surface area (Å²) in [6.07, 6.45) is 1.31. The molecule has 0 bridgehead atoms. The zero-order valence-electron chi connectivity index (χ0n) is 15.8. The minimum Gasteiger partial charge on any atom is -0.495 e. The lowest BCUT2D eigenvalue weighted by Crippen LogP contribution is -2.31. The Morgan fingerprint density at radius 3 is 2.64 bits per heavy atom. The molecular formula is C19H19N3O5S. The first-order chi connectivity index (χ1) is 13.4. The van der Waals surface area contributed by atoms with E-state index in [2.05, 4.69) is 10.3 Å². The van der Waals surface area contributed by atoms with Gasteiger partial charge in [0.2, 0.25) is 5.91 Å². The maximum absolute atomic E-state index is 13.0. The van der Waals surface area contributed by atoms with E-state index in [-0.39, 0.29) is 0 Å². The van der Waals surface area contributed by atoms with Gasteiger partial charge in [0, 0.05) is 0 Å². The molecule has 1 N–H and O–H groups in total. The van der Waals surface area contributed by atoms with Gasteiger partial charge >= 0.3 is 5.97 Å². The van der Waals surface area contributed by atoms with Crippen molar-refractivity contribution in [2.45, 2.75) is 19.9 Å². The molecule has 0 fully saturated rings. The van der Waals surface area contributed by atoms with Gasteiger partial charge in [0.25, 0.3) is 5.56 Å². The molecule has 1 aromatic carbocycles. The third-order valence-corrected chi connectivity index (χ3v) is 5.59. The van der Waals surface area contributed by atoms with Crippen LogP contribution in [-0.2, 0) is 9.53 Å². The molecule has 0 radical (unpaired) electrons. The first-order valence-electron chi connectivity index (χ1n) is 8.41. The fourth-order valence-corrected chi connectivity index (χ4v) is 3.87. The number of methoxy groups -OCH3 is 2. The van der Waals surface area contributed by atoms with Crippen molar-refractivity contribution in [3.05, 3.63) is 51.4 Å². The number of benzene rings is 1. The highest BCUT2D eigenvalue weighted by Crippen LogP contribution is 2.28.